The second kappa shape index (κ2) is 60.1. The molecule has 0 amide bonds. The highest BCUT2D eigenvalue weighted by atomic mass is 19.1. The molecule has 22 rings (SSSR count). The van der Waals surface area contributed by atoms with Crippen LogP contribution in [0.3, 0.4) is 0 Å². The lowest BCUT2D eigenvalue weighted by Gasteiger charge is -2.54. The summed E-state index contributed by atoms with van der Waals surface area (Å²) in [5.41, 5.74) is 43.8. The predicted molar refractivity (Wildman–Crippen MR) is 609 cm³/mol. The summed E-state index contributed by atoms with van der Waals surface area (Å²) in [5.74, 6) is 4.08. The summed E-state index contributed by atoms with van der Waals surface area (Å²) >= 11 is 0. The van der Waals surface area contributed by atoms with Crippen LogP contribution in [0.1, 0.15) is 308 Å². The number of nitrogens with one attached hydrogen (secondary N) is 5. The molecule has 1 aromatic carbocycles. The number of aliphatic hydroxyl groups excluding tert-OH is 1. The molecule has 0 radical (unpaired) electrons. The molecule has 24 atom stereocenters. The van der Waals surface area contributed by atoms with Gasteiger partial charge in [0, 0.05) is 306 Å². The first-order chi connectivity index (χ1) is 69.0. The molecular formula is C117H232F2N24O3. The highest BCUT2D eigenvalue weighted by Gasteiger charge is 2.53. The number of halogens is 2. The Morgan fingerprint density at radius 3 is 1.47 bits per heavy atom. The Hall–Kier alpha value is -2.00. The predicted octanol–water partition coefficient (Wildman–Crippen LogP) is 11.1. The molecule has 24 unspecified atom stereocenters. The van der Waals surface area contributed by atoms with Crippen LogP contribution in [-0.4, -0.2) is 434 Å². The molecule has 17 saturated heterocycles. The third-order valence-electron chi connectivity index (χ3n) is 37.3. The number of benzene rings is 1. The van der Waals surface area contributed by atoms with Gasteiger partial charge in [-0.15, -0.1) is 0 Å². The maximum absolute atomic E-state index is 12.9. The highest BCUT2D eigenvalue weighted by Crippen LogP contribution is 2.44. The Morgan fingerprint density at radius 2 is 0.973 bits per heavy atom. The van der Waals surface area contributed by atoms with Gasteiger partial charge < -0.3 is 81.3 Å². The van der Waals surface area contributed by atoms with Crippen molar-refractivity contribution in [3.63, 3.8) is 0 Å². The fourth-order valence-corrected chi connectivity index (χ4v) is 27.8. The Balaban J connectivity index is 0.000000164. The average Bonchev–Trinajstić information content (AvgIpc) is 1.61. The van der Waals surface area contributed by atoms with Gasteiger partial charge in [-0.3, -0.25) is 58.8 Å². The Kier molecular flexibility index (Phi) is 51.8. The van der Waals surface area contributed by atoms with Crippen LogP contribution in [0.15, 0.2) is 30.3 Å². The normalized spacial score (nSPS) is 35.7. The molecule has 2 spiro atoms. The van der Waals surface area contributed by atoms with Crippen LogP contribution in [0, 0.1) is 35.0 Å². The highest BCUT2D eigenvalue weighted by molar-refractivity contribution is 5.16. The molecule has 0 aromatic heterocycles. The van der Waals surface area contributed by atoms with E-state index in [2.05, 4.69) is 296 Å². The van der Waals surface area contributed by atoms with Crippen molar-refractivity contribution in [3.8, 4) is 0 Å². The minimum Gasteiger partial charge on any atom is -0.391 e. The molecular weight excluding hydrogens is 1830 g/mol. The van der Waals surface area contributed by atoms with Crippen LogP contribution in [0.4, 0.5) is 8.78 Å². The van der Waals surface area contributed by atoms with Crippen molar-refractivity contribution in [2.75, 3.05) is 177 Å². The maximum Gasteiger partial charge on any atom is 0.118 e. The first kappa shape index (κ1) is 126. The Labute approximate surface area is 892 Å². The van der Waals surface area contributed by atoms with E-state index in [9.17, 15) is 13.9 Å². The molecule has 17 aliphatic heterocycles. The van der Waals surface area contributed by atoms with Crippen molar-refractivity contribution < 1.29 is 23.4 Å². The molecule has 27 nitrogen and oxygen atoms in total. The monoisotopic (exact) mass is 2060 g/mol. The van der Waals surface area contributed by atoms with E-state index in [1.165, 1.54) is 187 Å². The largest absolute Gasteiger partial charge is 0.391 e. The molecule has 29 heteroatoms. The van der Waals surface area contributed by atoms with Crippen LogP contribution in [0.2, 0.25) is 0 Å². The van der Waals surface area contributed by atoms with E-state index in [4.69, 9.17) is 49.6 Å². The lowest BCUT2D eigenvalue weighted by atomic mass is 9.73. The summed E-state index contributed by atoms with van der Waals surface area (Å²) < 4.78 is 37.3. The van der Waals surface area contributed by atoms with Crippen LogP contribution < -0.4 is 66.7 Å². The number of ether oxygens (including phenoxy) is 2. The second-order valence-corrected chi connectivity index (χ2v) is 53.0. The molecule has 852 valence electrons. The zero-order valence-electron chi connectivity index (χ0n) is 98.3. The minimum atomic E-state index is -0.787. The van der Waals surface area contributed by atoms with Crippen LogP contribution in [0.25, 0.3) is 0 Å². The number of aliphatic hydroxyl groups is 1. The summed E-state index contributed by atoms with van der Waals surface area (Å²) in [6.07, 6.45) is 22.1. The minimum absolute atomic E-state index is 0.0288. The summed E-state index contributed by atoms with van der Waals surface area (Å²) in [7, 11) is 0. The van der Waals surface area contributed by atoms with Gasteiger partial charge in [0.15, 0.2) is 0 Å². The third kappa shape index (κ3) is 37.3. The van der Waals surface area contributed by atoms with E-state index in [0.717, 1.165) is 152 Å². The molecule has 4 saturated carbocycles. The van der Waals surface area contributed by atoms with Crippen molar-refractivity contribution in [2.45, 2.75) is 501 Å². The third-order valence-corrected chi connectivity index (χ3v) is 37.3. The van der Waals surface area contributed by atoms with E-state index in [0.29, 0.717) is 152 Å². The fraction of sp³-hybridized carbons (Fsp3) is 0.949. The number of alkyl halides is 2. The van der Waals surface area contributed by atoms with Crippen molar-refractivity contribution in [3.05, 3.63) is 35.9 Å². The second-order valence-electron chi connectivity index (χ2n) is 53.0. The van der Waals surface area contributed by atoms with Crippen LogP contribution in [-0.2, 0) is 16.0 Å². The number of likely N-dealkylation sites (tertiary alicyclic amines) is 11. The van der Waals surface area contributed by atoms with E-state index >= 15 is 0 Å². The average molecular weight is 2060 g/mol. The zero-order valence-corrected chi connectivity index (χ0v) is 98.3. The lowest BCUT2D eigenvalue weighted by Crippen LogP contribution is -2.70. The molecule has 21 aliphatic rings. The number of piperidine rings is 12. The Bertz CT molecular complexity index is 3620. The van der Waals surface area contributed by atoms with Crippen molar-refractivity contribution in [1.29, 1.82) is 0 Å². The molecule has 4 aliphatic carbocycles. The SMILES string of the molecule is CC(C)(C)N1CC2CCC1C(N)C2.CC(C)N1CC(N)CC(F)C1.CC(C)N1CC(N)CCC1C.CC(C)N1CC2(CCCNC2)C1.CC(C)N1CC2(CNCCO2)C1.CC(C)N1CC2CC(O)C1C2N.CC(C)N1CC2CCC1C2N.CC(C)N1CC2CCC1C2NCc1ccccc1.CC(C)N1CCC(F)C(N)C1.CC(C)N1CCC2CCNC2C1.CC(C)N1CCC2OCCNC2C1.CC(C)N1CCCC(N)C1. The number of nitrogens with zero attached hydrogens (tertiary/aromatic N) is 12. The number of hydrogen-bond acceptors (Lipinski definition) is 27. The van der Waals surface area contributed by atoms with Gasteiger partial charge in [-0.25, -0.2) is 8.78 Å². The quantitative estimate of drug-likeness (QED) is 0.0823. The van der Waals surface area contributed by atoms with Crippen molar-refractivity contribution in [2.24, 2.45) is 75.1 Å². The number of morpholine rings is 2. The van der Waals surface area contributed by atoms with E-state index < -0.39 is 12.3 Å². The van der Waals surface area contributed by atoms with Crippen LogP contribution in [0.5, 0.6) is 0 Å². The number of hydrogen-bond donors (Lipinski definition) is 13. The standard InChI is InChI=1S/C16H24N2.C11H22N2.C10H20N2O.2C10H20N2.2C9H18N2O.C9H18N2.C9H20N2.2C8H17FN2.C8H18N2/c1-12(2)18-11-14-8-9-15(18)16(14)17-10-13-6-4-3-5-7-13;1-11(2,3)13-7-8-4-5-10(13)9(12)6-8;1-8(2)12-5-3-10-9(7-12)11-4-6-13-10;1-8(2)12-6-4-9-3-5-11-10(9)7-12;1-9(2)12-7-10(8-12)4-3-5-11-6-10;1-5(2)11-4-6-3-7(12)9(11)8(6)10;1-8(2)11-6-9(7-11)5-10-3-4-12-9;1-6(2)11-5-7-3-4-8(11)9(7)10;1-7(2)11-6-9(10)5-4-8(11)3;1-6(2)11-4-7(9)3-8(10)5-11;1-6(2)11-4-3-7(9)8(10)5-11;1-7(2)10-5-3-4-8(9)6-10/h3-7,12,14-17H,8-11H2,1-2H3;8-10H,4-7,12H2,1-3H3;8-11H,3-7H2,1-2H3;8-11H,3-7H2,1-2H3;9,11H,3-8H2,1-2H3;5-9,12H,3-4,10H2,1-2H3;8,10H,3-7H2,1-2H3;6-9H,3-5,10H2,1-2H3;7-9H,4-6,10H2,1-3H3;2*6-8H,3-5,10H2,1-2H3;7-8H,3-6,9H2,1-2H3. The molecule has 20 N–H and O–H groups in total. The number of rotatable bonds is 14. The summed E-state index contributed by atoms with van der Waals surface area (Å²) in [4.78, 5) is 29.6. The summed E-state index contributed by atoms with van der Waals surface area (Å²) in [6.45, 7) is 89.0. The summed E-state index contributed by atoms with van der Waals surface area (Å²) in [5, 5.41) is 27.5. The topological polar surface area (TPSA) is 320 Å². The van der Waals surface area contributed by atoms with Crippen molar-refractivity contribution in [1.82, 2.24) is 85.4 Å². The molecule has 17 heterocycles. The molecule has 1 aromatic rings. The van der Waals surface area contributed by atoms with Gasteiger partial charge in [0.1, 0.15) is 17.9 Å². The maximum atomic E-state index is 12.9. The van der Waals surface area contributed by atoms with Gasteiger partial charge in [-0.2, -0.15) is 0 Å². The van der Waals surface area contributed by atoms with Gasteiger partial charge >= 0.3 is 0 Å². The smallest absolute Gasteiger partial charge is 0.118 e. The van der Waals surface area contributed by atoms with E-state index in [1.807, 2.05) is 0 Å². The number of nitrogens with two attached hydrogens (primary N) is 7. The fourth-order valence-electron chi connectivity index (χ4n) is 27.8. The van der Waals surface area contributed by atoms with Crippen LogP contribution >= 0.6 is 0 Å². The van der Waals surface area contributed by atoms with Gasteiger partial charge in [-0.1, -0.05) is 30.3 Å². The number of fused-ring (bicyclic) bond motifs is 11. The molecule has 21 fully saturated rings. The van der Waals surface area contributed by atoms with Gasteiger partial charge in [0.2, 0.25) is 0 Å². The first-order valence-corrected chi connectivity index (χ1v) is 60.2. The van der Waals surface area contributed by atoms with E-state index in [-0.39, 0.29) is 35.9 Å². The van der Waals surface area contributed by atoms with E-state index in [1.54, 1.807) is 0 Å². The zero-order chi connectivity index (χ0) is 107. The van der Waals surface area contributed by atoms with Gasteiger partial charge in [0.05, 0.1) is 31.5 Å². The lowest BCUT2D eigenvalue weighted by molar-refractivity contribution is -0.164. The van der Waals surface area contributed by atoms with Gasteiger partial charge in [0.25, 0.3) is 0 Å². The Morgan fingerprint density at radius 1 is 0.425 bits per heavy atom. The molecule has 8 bridgehead atoms. The van der Waals surface area contributed by atoms with Gasteiger partial charge in [-0.05, 0) is 363 Å². The summed E-state index contributed by atoms with van der Waals surface area (Å²) in [6, 6.07) is 24.6. The molecule has 146 heavy (non-hydrogen) atoms. The first-order valence-electron chi connectivity index (χ1n) is 60.2. The van der Waals surface area contributed by atoms with Crippen molar-refractivity contribution >= 4 is 0 Å².